The summed E-state index contributed by atoms with van der Waals surface area (Å²) in [5, 5.41) is 14.1. The molecule has 1 atom stereocenters. The molecule has 1 aliphatic carbocycles. The van der Waals surface area contributed by atoms with Gasteiger partial charge in [0.15, 0.2) is 0 Å². The number of rotatable bonds is 7. The Labute approximate surface area is 113 Å². The SMILES string of the molecule is CC(C)CC(CN(C)C)NCC1(O)CCCCC1. The van der Waals surface area contributed by atoms with Crippen molar-refractivity contribution < 1.29 is 5.11 Å². The third kappa shape index (κ3) is 6.17. The molecule has 1 unspecified atom stereocenters. The van der Waals surface area contributed by atoms with Gasteiger partial charge in [0.25, 0.3) is 0 Å². The zero-order chi connectivity index (χ0) is 13.6. The lowest BCUT2D eigenvalue weighted by Crippen LogP contribution is -2.48. The van der Waals surface area contributed by atoms with Gasteiger partial charge >= 0.3 is 0 Å². The Hall–Kier alpha value is -0.120. The number of likely N-dealkylation sites (N-methyl/N-ethyl adjacent to an activating group) is 1. The summed E-state index contributed by atoms with van der Waals surface area (Å²) in [5.74, 6) is 0.698. The molecule has 0 aliphatic heterocycles. The van der Waals surface area contributed by atoms with Gasteiger partial charge in [0.1, 0.15) is 0 Å². The van der Waals surface area contributed by atoms with Crippen LogP contribution in [-0.2, 0) is 0 Å². The largest absolute Gasteiger partial charge is 0.389 e. The molecule has 0 aromatic carbocycles. The maximum Gasteiger partial charge on any atom is 0.0771 e. The number of nitrogens with zero attached hydrogens (tertiary/aromatic N) is 1. The lowest BCUT2D eigenvalue weighted by molar-refractivity contribution is 0.00147. The number of aliphatic hydroxyl groups is 1. The van der Waals surface area contributed by atoms with E-state index in [1.807, 2.05) is 0 Å². The average Bonchev–Trinajstić information content (AvgIpc) is 2.26. The van der Waals surface area contributed by atoms with Gasteiger partial charge in [-0.05, 0) is 39.3 Å². The maximum atomic E-state index is 10.5. The first kappa shape index (κ1) is 15.9. The molecule has 108 valence electrons. The number of hydrogen-bond donors (Lipinski definition) is 2. The molecule has 1 rings (SSSR count). The Morgan fingerprint density at radius 2 is 1.78 bits per heavy atom. The molecule has 0 bridgehead atoms. The van der Waals surface area contributed by atoms with E-state index in [9.17, 15) is 5.11 Å². The zero-order valence-corrected chi connectivity index (χ0v) is 12.7. The first-order valence-electron chi connectivity index (χ1n) is 7.52. The van der Waals surface area contributed by atoms with Gasteiger partial charge in [-0.25, -0.2) is 0 Å². The van der Waals surface area contributed by atoms with Gasteiger partial charge < -0.3 is 15.3 Å². The van der Waals surface area contributed by atoms with Crippen molar-refractivity contribution in [1.82, 2.24) is 10.2 Å². The van der Waals surface area contributed by atoms with E-state index in [1.54, 1.807) is 0 Å². The van der Waals surface area contributed by atoms with Crippen LogP contribution in [0.15, 0.2) is 0 Å². The molecule has 2 N–H and O–H groups in total. The minimum Gasteiger partial charge on any atom is -0.389 e. The second-order valence-corrected chi connectivity index (χ2v) is 6.75. The highest BCUT2D eigenvalue weighted by molar-refractivity contribution is 4.86. The van der Waals surface area contributed by atoms with Crippen molar-refractivity contribution in [2.45, 2.75) is 64.0 Å². The van der Waals surface area contributed by atoms with Crippen LogP contribution in [-0.4, -0.2) is 48.8 Å². The molecule has 3 heteroatoms. The summed E-state index contributed by atoms with van der Waals surface area (Å²) >= 11 is 0. The smallest absolute Gasteiger partial charge is 0.0771 e. The molecule has 0 radical (unpaired) electrons. The Bertz CT molecular complexity index is 213. The van der Waals surface area contributed by atoms with Crippen LogP contribution in [0.3, 0.4) is 0 Å². The summed E-state index contributed by atoms with van der Waals surface area (Å²) in [7, 11) is 4.23. The van der Waals surface area contributed by atoms with Crippen molar-refractivity contribution >= 4 is 0 Å². The molecule has 0 heterocycles. The maximum absolute atomic E-state index is 10.5. The third-order valence-electron chi connectivity index (χ3n) is 3.85. The van der Waals surface area contributed by atoms with Crippen molar-refractivity contribution in [1.29, 1.82) is 0 Å². The highest BCUT2D eigenvalue weighted by Gasteiger charge is 2.29. The van der Waals surface area contributed by atoms with Crippen LogP contribution in [0.5, 0.6) is 0 Å². The van der Waals surface area contributed by atoms with Crippen LogP contribution in [0.2, 0.25) is 0 Å². The normalized spacial score (nSPS) is 21.5. The second kappa shape index (κ2) is 7.46. The minimum atomic E-state index is -0.445. The van der Waals surface area contributed by atoms with Crippen LogP contribution in [0.1, 0.15) is 52.4 Å². The monoisotopic (exact) mass is 256 g/mol. The summed E-state index contributed by atoms with van der Waals surface area (Å²) in [6, 6.07) is 0.492. The van der Waals surface area contributed by atoms with Crippen LogP contribution in [0, 0.1) is 5.92 Å². The minimum absolute atomic E-state index is 0.445. The lowest BCUT2D eigenvalue weighted by atomic mass is 9.84. The summed E-state index contributed by atoms with van der Waals surface area (Å²) < 4.78 is 0. The van der Waals surface area contributed by atoms with E-state index in [2.05, 4.69) is 38.2 Å². The van der Waals surface area contributed by atoms with Crippen LogP contribution < -0.4 is 5.32 Å². The molecule has 0 saturated heterocycles. The Morgan fingerprint density at radius 1 is 1.17 bits per heavy atom. The topological polar surface area (TPSA) is 35.5 Å². The highest BCUT2D eigenvalue weighted by Crippen LogP contribution is 2.27. The molecule has 0 amide bonds. The first-order valence-corrected chi connectivity index (χ1v) is 7.52. The van der Waals surface area contributed by atoms with Gasteiger partial charge in [0.05, 0.1) is 5.60 Å². The average molecular weight is 256 g/mol. The summed E-state index contributed by atoms with van der Waals surface area (Å²) in [6.45, 7) is 6.34. The third-order valence-corrected chi connectivity index (χ3v) is 3.85. The molecular weight excluding hydrogens is 224 g/mol. The van der Waals surface area contributed by atoms with Gasteiger partial charge in [0, 0.05) is 19.1 Å². The molecule has 0 spiro atoms. The van der Waals surface area contributed by atoms with Crippen molar-refractivity contribution in [2.75, 3.05) is 27.2 Å². The standard InChI is InChI=1S/C15H32N2O/c1-13(2)10-14(11-17(3)4)16-12-15(18)8-6-5-7-9-15/h13-14,16,18H,5-12H2,1-4H3. The Morgan fingerprint density at radius 3 is 2.28 bits per heavy atom. The van der Waals surface area contributed by atoms with Gasteiger partial charge in [-0.3, -0.25) is 0 Å². The van der Waals surface area contributed by atoms with Crippen molar-refractivity contribution in [2.24, 2.45) is 5.92 Å². The first-order chi connectivity index (χ1) is 8.41. The van der Waals surface area contributed by atoms with E-state index in [-0.39, 0.29) is 0 Å². The second-order valence-electron chi connectivity index (χ2n) is 6.75. The van der Waals surface area contributed by atoms with E-state index < -0.39 is 5.60 Å². The predicted octanol–water partition coefficient (Wildman–Crippen LogP) is 2.25. The van der Waals surface area contributed by atoms with Crippen LogP contribution >= 0.6 is 0 Å². The predicted molar refractivity (Wildman–Crippen MR) is 77.8 cm³/mol. The van der Waals surface area contributed by atoms with Crippen LogP contribution in [0.25, 0.3) is 0 Å². The Kier molecular flexibility index (Phi) is 6.61. The van der Waals surface area contributed by atoms with E-state index in [0.29, 0.717) is 12.0 Å². The summed E-state index contributed by atoms with van der Waals surface area (Å²) in [5.41, 5.74) is -0.445. The molecule has 1 saturated carbocycles. The summed E-state index contributed by atoms with van der Waals surface area (Å²) in [4.78, 5) is 2.23. The van der Waals surface area contributed by atoms with Gasteiger partial charge in [-0.15, -0.1) is 0 Å². The Balaban J connectivity index is 2.39. The van der Waals surface area contributed by atoms with Crippen molar-refractivity contribution in [3.63, 3.8) is 0 Å². The van der Waals surface area contributed by atoms with Crippen LogP contribution in [0.4, 0.5) is 0 Å². The molecule has 1 aliphatic rings. The fourth-order valence-corrected chi connectivity index (χ4v) is 2.95. The molecule has 0 aromatic heterocycles. The van der Waals surface area contributed by atoms with Gasteiger partial charge in [-0.1, -0.05) is 33.1 Å². The zero-order valence-electron chi connectivity index (χ0n) is 12.7. The molecular formula is C15H32N2O. The fraction of sp³-hybridized carbons (Fsp3) is 1.00. The number of nitrogens with one attached hydrogen (secondary N) is 1. The molecule has 3 nitrogen and oxygen atoms in total. The van der Waals surface area contributed by atoms with Crippen molar-refractivity contribution in [3.8, 4) is 0 Å². The van der Waals surface area contributed by atoms with E-state index in [4.69, 9.17) is 0 Å². The quantitative estimate of drug-likeness (QED) is 0.733. The highest BCUT2D eigenvalue weighted by atomic mass is 16.3. The van der Waals surface area contributed by atoms with Gasteiger partial charge in [-0.2, -0.15) is 0 Å². The molecule has 18 heavy (non-hydrogen) atoms. The fourth-order valence-electron chi connectivity index (χ4n) is 2.95. The number of hydrogen-bond acceptors (Lipinski definition) is 3. The molecule has 1 fully saturated rings. The van der Waals surface area contributed by atoms with E-state index in [1.165, 1.54) is 25.7 Å². The lowest BCUT2D eigenvalue weighted by Gasteiger charge is -2.35. The van der Waals surface area contributed by atoms with Gasteiger partial charge in [0.2, 0.25) is 0 Å². The summed E-state index contributed by atoms with van der Waals surface area (Å²) in [6.07, 6.45) is 6.76. The molecule has 0 aromatic rings. The van der Waals surface area contributed by atoms with Crippen molar-refractivity contribution in [3.05, 3.63) is 0 Å². The van der Waals surface area contributed by atoms with E-state index in [0.717, 1.165) is 25.9 Å². The van der Waals surface area contributed by atoms with E-state index >= 15 is 0 Å².